The van der Waals surface area contributed by atoms with Crippen molar-refractivity contribution in [2.75, 3.05) is 97.1 Å². The third kappa shape index (κ3) is 27.0. The summed E-state index contributed by atoms with van der Waals surface area (Å²) >= 11 is 1.38. The van der Waals surface area contributed by atoms with Crippen LogP contribution < -0.4 is 54.0 Å². The molecule has 2 unspecified atom stereocenters. The molecule has 11 amide bonds. The van der Waals surface area contributed by atoms with E-state index in [1.54, 1.807) is 20.8 Å². The van der Waals surface area contributed by atoms with Crippen LogP contribution in [0.25, 0.3) is 10.9 Å². The number of fused-ring (bicyclic) bond motifs is 4. The van der Waals surface area contributed by atoms with Gasteiger partial charge in [-0.2, -0.15) is 11.8 Å². The van der Waals surface area contributed by atoms with E-state index in [1.165, 1.54) is 37.7 Å². The Morgan fingerprint density at radius 3 is 2.08 bits per heavy atom. The molecule has 0 saturated carbocycles. The van der Waals surface area contributed by atoms with Crippen LogP contribution in [0.2, 0.25) is 0 Å². The average molecular weight is 1410 g/mol. The fourth-order valence-corrected chi connectivity index (χ4v) is 12.7. The minimum Gasteiger partial charge on any atom is -0.508 e. The van der Waals surface area contributed by atoms with E-state index in [2.05, 4.69) is 47.5 Å². The zero-order valence-corrected chi connectivity index (χ0v) is 56.9. The number of primary amides is 2. The van der Waals surface area contributed by atoms with E-state index >= 15 is 4.21 Å². The molecule has 2 aromatic rings. The van der Waals surface area contributed by atoms with Gasteiger partial charge in [0.25, 0.3) is 0 Å². The first-order valence-corrected chi connectivity index (χ1v) is 34.6. The molecule has 97 heavy (non-hydrogen) atoms. The molecule has 18 N–H and O–H groups in total. The van der Waals surface area contributed by atoms with E-state index in [0.717, 1.165) is 4.90 Å². The lowest BCUT2D eigenvalue weighted by atomic mass is 9.94. The number of nitrogens with one attached hydrogen (secondary N) is 9. The van der Waals surface area contributed by atoms with Crippen LogP contribution >= 0.6 is 11.8 Å². The number of nitrogens with two attached hydrogens (primary N) is 2. The number of thioether (sulfide) groups is 1. The van der Waals surface area contributed by atoms with E-state index in [0.29, 0.717) is 51.4 Å². The maximum absolute atomic E-state index is 15.2. The molecule has 544 valence electrons. The van der Waals surface area contributed by atoms with Crippen LogP contribution in [0.3, 0.4) is 0 Å². The summed E-state index contributed by atoms with van der Waals surface area (Å²) in [6.07, 6.45) is -3.47. The maximum atomic E-state index is 15.2. The molecule has 3 heterocycles. The van der Waals surface area contributed by atoms with Gasteiger partial charge in [-0.25, -0.2) is 0 Å². The summed E-state index contributed by atoms with van der Waals surface area (Å²) in [7, 11) is -2.51. The highest BCUT2D eigenvalue weighted by Crippen LogP contribution is 2.36. The van der Waals surface area contributed by atoms with Crippen molar-refractivity contribution in [1.82, 2.24) is 52.4 Å². The van der Waals surface area contributed by atoms with Crippen LogP contribution in [0.4, 0.5) is 0 Å². The van der Waals surface area contributed by atoms with Crippen LogP contribution in [0.1, 0.15) is 97.1 Å². The minimum atomic E-state index is -2.51. The van der Waals surface area contributed by atoms with Crippen LogP contribution in [0.5, 0.6) is 5.75 Å². The van der Waals surface area contributed by atoms with Gasteiger partial charge >= 0.3 is 5.97 Å². The fourth-order valence-electron chi connectivity index (χ4n) is 10.3. The number of aromatic nitrogens is 1. The van der Waals surface area contributed by atoms with Gasteiger partial charge in [-0.1, -0.05) is 41.0 Å². The Hall–Kier alpha value is -7.58. The number of rotatable bonds is 39. The molecule has 36 heteroatoms. The third-order valence-electron chi connectivity index (χ3n) is 16.1. The molecular weight excluding hydrogens is 1320 g/mol. The largest absolute Gasteiger partial charge is 0.508 e. The van der Waals surface area contributed by atoms with E-state index in [1.807, 2.05) is 0 Å². The first kappa shape index (κ1) is 81.8. The number of phenolic OH excluding ortho intramolecular Hbond substituents is 1. The van der Waals surface area contributed by atoms with E-state index in [9.17, 15) is 78.0 Å². The van der Waals surface area contributed by atoms with Crippen molar-refractivity contribution in [2.45, 2.75) is 152 Å². The highest BCUT2D eigenvalue weighted by molar-refractivity contribution is 7.98. The minimum absolute atomic E-state index is 0.0382. The number of hydrogen-bond donors (Lipinski definition) is 16. The Kier molecular flexibility index (Phi) is 35.7. The number of aliphatic carboxylic acids is 1. The quantitative estimate of drug-likeness (QED) is 0.0281. The third-order valence-corrected chi connectivity index (χ3v) is 18.6. The van der Waals surface area contributed by atoms with Gasteiger partial charge in [0, 0.05) is 73.9 Å². The van der Waals surface area contributed by atoms with Crippen molar-refractivity contribution < 1.29 is 106 Å². The Bertz CT molecular complexity index is 3050. The first-order valence-electron chi connectivity index (χ1n) is 32.1. The molecule has 0 radical (unpaired) electrons. The Morgan fingerprint density at radius 2 is 1.46 bits per heavy atom. The number of carboxylic acid groups (broad SMARTS) is 1. The number of aliphatic hydroxyl groups excluding tert-OH is 3. The zero-order chi connectivity index (χ0) is 71.9. The highest BCUT2D eigenvalue weighted by Gasteiger charge is 2.45. The maximum Gasteiger partial charge on any atom is 0.304 e. The number of hydrogen-bond acceptors (Lipinski definition) is 22. The second-order valence-corrected chi connectivity index (χ2v) is 26.1. The van der Waals surface area contributed by atoms with Gasteiger partial charge in [-0.05, 0) is 42.2 Å². The Balaban J connectivity index is 1.51. The summed E-state index contributed by atoms with van der Waals surface area (Å²) in [5.41, 5.74) is 12.0. The number of carboxylic acids is 1. The number of amides is 11. The van der Waals surface area contributed by atoms with Crippen LogP contribution in [0, 0.1) is 17.8 Å². The number of benzene rings is 1. The standard InChI is InChI=1S/C61H96N12O22S2/c1-6-33(3)51(70-47(79)7-2)58(88)66-28-49(81)67-42-32-97(91)60-38(26-40(54(63)84)68-59(89)52(35(5)45(77)30-74)71-57(87)43-25-36(75)29-73(43)61(90)41(27-46(62)78)69-56(42)86)37-10-11-44(76)39(53(37)72-60)31-96-23-9-8-13-64-48(80)12-15-92-17-19-94-21-22-95-20-18-93-16-14-65-55(85)34(4)24-50(82)83/h10-11,33-36,40-43,45,51-52,72,74-77H,6-9,12-32H2,1-5H3,(H2,62,78)(H2,63,84)(H,64,80)(H,65,85)(H,66,88)(H,67,81)(H,68,89)(H,69,86)(H,70,79)(H,71,87)(H,82,83)/t33-,34?,35-,36+,40-,41-,42-,43-,45-,51-,52-,97?/m0/s1. The van der Waals surface area contributed by atoms with Crippen LogP contribution in [-0.4, -0.2) is 256 Å². The van der Waals surface area contributed by atoms with Gasteiger partial charge < -0.3 is 108 Å². The number of aromatic amines is 1. The summed E-state index contributed by atoms with van der Waals surface area (Å²) in [6.45, 7) is 8.30. The lowest BCUT2D eigenvalue weighted by molar-refractivity contribution is -0.144. The van der Waals surface area contributed by atoms with Crippen LogP contribution in [0.15, 0.2) is 17.2 Å². The molecule has 2 aliphatic heterocycles. The second-order valence-electron chi connectivity index (χ2n) is 23.5. The van der Waals surface area contributed by atoms with Crippen molar-refractivity contribution in [2.24, 2.45) is 29.2 Å². The SMILES string of the molecule is CCC(=O)N[C@H](C(=O)NCC(=O)N[C@H]1CS(=O)c2[nH]c3c(CSCCCCNC(=O)CCOCCOCCOCCOCCNC(=O)C(C)CC(=O)O)c(O)ccc3c2C[C@@H](C(N)=O)NC(=O)[C@H]([C@@H](C)[C@@H](O)CO)NC(=O)[C@@H]2C[C@@H](O)CN2C(=O)[C@H](CC(N)=O)NC1=O)[C@@H](C)CC. The molecular formula is C61H96N12O22S2. The lowest BCUT2D eigenvalue weighted by Gasteiger charge is -2.32. The van der Waals surface area contributed by atoms with E-state index < -0.39 is 181 Å². The predicted octanol–water partition coefficient (Wildman–Crippen LogP) is -4.34. The normalized spacial score (nSPS) is 21.0. The summed E-state index contributed by atoms with van der Waals surface area (Å²) in [6, 6.07) is -7.25. The monoisotopic (exact) mass is 1410 g/mol. The van der Waals surface area contributed by atoms with Crippen molar-refractivity contribution >= 4 is 104 Å². The summed E-state index contributed by atoms with van der Waals surface area (Å²) < 4.78 is 37.0. The molecule has 0 aliphatic carbocycles. The molecule has 12 atom stereocenters. The average Bonchev–Trinajstić information content (AvgIpc) is 1.63. The molecule has 34 nitrogen and oxygen atoms in total. The molecule has 1 saturated heterocycles. The number of phenols is 1. The topological polar surface area (TPSA) is 527 Å². The number of aromatic hydroxyl groups is 1. The van der Waals surface area contributed by atoms with E-state index in [4.69, 9.17) is 35.5 Å². The summed E-state index contributed by atoms with van der Waals surface area (Å²) in [5, 5.41) is 72.1. The first-order chi connectivity index (χ1) is 46.1. The van der Waals surface area contributed by atoms with Gasteiger partial charge in [0.2, 0.25) is 65.0 Å². The number of H-pyrrole nitrogens is 1. The number of ether oxygens (including phenoxy) is 4. The van der Waals surface area contributed by atoms with Crippen LogP contribution in [-0.2, 0) is 99.5 Å². The molecule has 1 aromatic carbocycles. The van der Waals surface area contributed by atoms with Crippen molar-refractivity contribution in [3.05, 3.63) is 23.3 Å². The Morgan fingerprint density at radius 1 is 0.804 bits per heavy atom. The molecule has 1 fully saturated rings. The molecule has 1 aromatic heterocycles. The highest BCUT2D eigenvalue weighted by atomic mass is 32.2. The lowest BCUT2D eigenvalue weighted by Crippen LogP contribution is -2.61. The predicted molar refractivity (Wildman–Crippen MR) is 349 cm³/mol. The number of aliphatic hydroxyl groups is 3. The second kappa shape index (κ2) is 42.3. The molecule has 0 spiro atoms. The van der Waals surface area contributed by atoms with Gasteiger partial charge in [0.05, 0.1) is 113 Å². The summed E-state index contributed by atoms with van der Waals surface area (Å²) in [4.78, 5) is 163. The molecule has 2 aliphatic rings. The van der Waals surface area contributed by atoms with Crippen molar-refractivity contribution in [3.8, 4) is 5.75 Å². The van der Waals surface area contributed by atoms with Gasteiger partial charge in [0.1, 0.15) is 47.0 Å². The number of carbonyl (C=O) groups is 12. The van der Waals surface area contributed by atoms with Gasteiger partial charge in [-0.3, -0.25) is 61.7 Å². The van der Waals surface area contributed by atoms with Gasteiger partial charge in [0.15, 0.2) is 0 Å². The molecule has 4 rings (SSSR count). The number of carbonyl (C=O) groups excluding carboxylic acids is 11. The number of nitrogens with zero attached hydrogens (tertiary/aromatic N) is 1. The fraction of sp³-hybridized carbons (Fsp3) is 0.672. The molecule has 0 bridgehead atoms. The smallest absolute Gasteiger partial charge is 0.304 e. The van der Waals surface area contributed by atoms with Crippen molar-refractivity contribution in [3.63, 3.8) is 0 Å². The zero-order valence-electron chi connectivity index (χ0n) is 55.3. The van der Waals surface area contributed by atoms with Gasteiger partial charge in [-0.15, -0.1) is 0 Å². The Labute approximate surface area is 567 Å². The van der Waals surface area contributed by atoms with Crippen molar-refractivity contribution in [1.29, 1.82) is 0 Å². The van der Waals surface area contributed by atoms with E-state index in [-0.39, 0.29) is 109 Å². The summed E-state index contributed by atoms with van der Waals surface area (Å²) in [5.74, 6) is -13.6. The number of unbranched alkanes of at least 4 members (excludes halogenated alkanes) is 1.